The molecule has 5 heterocycles. The summed E-state index contributed by atoms with van der Waals surface area (Å²) in [6, 6.07) is 6.08. The van der Waals surface area contributed by atoms with Gasteiger partial charge in [0.2, 0.25) is 0 Å². The van der Waals surface area contributed by atoms with Crippen molar-refractivity contribution in [3.05, 3.63) is 67.0 Å². The molecule has 3 aliphatic rings. The Morgan fingerprint density at radius 2 is 1.86 bits per heavy atom. The van der Waals surface area contributed by atoms with Crippen LogP contribution in [0.25, 0.3) is 16.5 Å². The molecule has 37 heavy (non-hydrogen) atoms. The summed E-state index contributed by atoms with van der Waals surface area (Å²) in [4.78, 5) is 23.5. The molecule has 6 rings (SSSR count). The van der Waals surface area contributed by atoms with E-state index in [2.05, 4.69) is 58.5 Å². The van der Waals surface area contributed by atoms with Gasteiger partial charge in [-0.25, -0.2) is 4.98 Å². The Balaban J connectivity index is 1.45. The molecule has 0 atom stereocenters. The smallest absolute Gasteiger partial charge is 0.258 e. The lowest BCUT2D eigenvalue weighted by Crippen LogP contribution is -2.44. The summed E-state index contributed by atoms with van der Waals surface area (Å²) in [5.41, 5.74) is 5.69. The van der Waals surface area contributed by atoms with Gasteiger partial charge in [0.05, 0.1) is 24.1 Å². The lowest BCUT2D eigenvalue weighted by atomic mass is 9.99. The second kappa shape index (κ2) is 10.3. The fourth-order valence-corrected chi connectivity index (χ4v) is 6.23. The highest BCUT2D eigenvalue weighted by molar-refractivity contribution is 14.1. The summed E-state index contributed by atoms with van der Waals surface area (Å²) in [5.74, 6) is 1.46. The molecule has 0 aliphatic carbocycles. The molecule has 194 valence electrons. The predicted octanol–water partition coefficient (Wildman–Crippen LogP) is 3.85. The molecule has 0 unspecified atom stereocenters. The number of allylic oxidation sites excluding steroid dienone is 1. The first kappa shape index (κ1) is 24.7. The van der Waals surface area contributed by atoms with E-state index in [1.807, 2.05) is 12.3 Å². The maximum atomic E-state index is 13.6. The summed E-state index contributed by atoms with van der Waals surface area (Å²) >= 11 is 2.42. The van der Waals surface area contributed by atoms with Gasteiger partial charge in [0.1, 0.15) is 25.3 Å². The molecule has 9 heteroatoms. The average molecular weight is 614 g/mol. The van der Waals surface area contributed by atoms with Gasteiger partial charge >= 0.3 is 0 Å². The minimum absolute atomic E-state index is 0.000156. The Hall–Kier alpha value is -2.63. The zero-order valence-corrected chi connectivity index (χ0v) is 23.4. The van der Waals surface area contributed by atoms with Crippen molar-refractivity contribution >= 4 is 39.1 Å². The standard InChI is InChI=1S/C28H31IN4O4/c1-3-18-16-35-17-22-19(18)6-7-33(28(22)34)14-21-23(15-32-10-8-31(2)9-11-32)30-26-20(25(21)29)4-5-24-27(26)37-13-12-36-24/h4-7,16H,3,8-15,17H2,1-2H3. The number of piperazine rings is 1. The van der Waals surface area contributed by atoms with Crippen LogP contribution in [-0.4, -0.2) is 65.8 Å². The molecular formula is C28H31IN4O4. The Bertz CT molecular complexity index is 1440. The molecule has 0 bridgehead atoms. The summed E-state index contributed by atoms with van der Waals surface area (Å²) < 4.78 is 20.4. The van der Waals surface area contributed by atoms with E-state index in [0.717, 1.165) is 93.1 Å². The van der Waals surface area contributed by atoms with Gasteiger partial charge in [-0.05, 0) is 65.4 Å². The van der Waals surface area contributed by atoms with Crippen molar-refractivity contribution in [2.45, 2.75) is 33.0 Å². The monoisotopic (exact) mass is 614 g/mol. The summed E-state index contributed by atoms with van der Waals surface area (Å²) in [7, 11) is 2.16. The zero-order valence-electron chi connectivity index (χ0n) is 21.3. The number of benzene rings is 1. The van der Waals surface area contributed by atoms with Gasteiger partial charge in [0, 0.05) is 53.4 Å². The van der Waals surface area contributed by atoms with Gasteiger partial charge in [-0.3, -0.25) is 9.69 Å². The first-order chi connectivity index (χ1) is 18.0. The van der Waals surface area contributed by atoms with E-state index < -0.39 is 0 Å². The summed E-state index contributed by atoms with van der Waals surface area (Å²) in [6.45, 7) is 8.67. The Labute approximate surface area is 230 Å². The number of likely N-dealkylation sites (N-methyl/N-ethyl adjacent to an activating group) is 1. The molecule has 0 N–H and O–H groups in total. The van der Waals surface area contributed by atoms with Crippen molar-refractivity contribution in [3.63, 3.8) is 0 Å². The van der Waals surface area contributed by atoms with Crippen LogP contribution in [-0.2, 0) is 24.4 Å². The van der Waals surface area contributed by atoms with Crippen LogP contribution in [0.15, 0.2) is 35.5 Å². The number of nitrogens with zero attached hydrogens (tertiary/aromatic N) is 4. The first-order valence-corrected chi connectivity index (χ1v) is 13.9. The number of halogens is 1. The van der Waals surface area contributed by atoms with Crippen molar-refractivity contribution in [3.8, 4) is 11.5 Å². The van der Waals surface area contributed by atoms with Crippen molar-refractivity contribution in [1.29, 1.82) is 0 Å². The molecule has 2 aromatic heterocycles. The molecule has 0 spiro atoms. The highest BCUT2D eigenvalue weighted by atomic mass is 127. The minimum atomic E-state index is 0.000156. The number of ether oxygens (including phenoxy) is 3. The van der Waals surface area contributed by atoms with E-state index in [4.69, 9.17) is 19.2 Å². The summed E-state index contributed by atoms with van der Waals surface area (Å²) in [5, 5.41) is 1.02. The molecule has 1 saturated heterocycles. The molecule has 8 nitrogen and oxygen atoms in total. The number of rotatable bonds is 5. The number of aromatic nitrogens is 2. The number of fused-ring (bicyclic) bond motifs is 4. The SMILES string of the molecule is CCC1=COCc2c1ccn(Cc1c(CN3CCN(C)CC3)nc3c4c(ccc3c1I)OCCO4)c2=O. The second-order valence-electron chi connectivity index (χ2n) is 9.87. The Morgan fingerprint density at radius 3 is 2.68 bits per heavy atom. The summed E-state index contributed by atoms with van der Waals surface area (Å²) in [6.07, 6.45) is 4.52. The van der Waals surface area contributed by atoms with Gasteiger partial charge in [-0.15, -0.1) is 0 Å². The molecule has 0 saturated carbocycles. The van der Waals surface area contributed by atoms with Crippen molar-refractivity contribution in [1.82, 2.24) is 19.4 Å². The van der Waals surface area contributed by atoms with Crippen LogP contribution < -0.4 is 15.0 Å². The fourth-order valence-electron chi connectivity index (χ4n) is 5.31. The lowest BCUT2D eigenvalue weighted by Gasteiger charge is -2.32. The van der Waals surface area contributed by atoms with E-state index in [9.17, 15) is 4.79 Å². The molecule has 0 amide bonds. The van der Waals surface area contributed by atoms with E-state index in [1.165, 1.54) is 0 Å². The normalized spacial score (nSPS) is 17.9. The van der Waals surface area contributed by atoms with Crippen LogP contribution in [0.4, 0.5) is 0 Å². The fraction of sp³-hybridized carbons (Fsp3) is 0.429. The number of hydrogen-bond donors (Lipinski definition) is 0. The number of hydrogen-bond acceptors (Lipinski definition) is 7. The predicted molar refractivity (Wildman–Crippen MR) is 151 cm³/mol. The third-order valence-corrected chi connectivity index (χ3v) is 8.75. The largest absolute Gasteiger partial charge is 0.496 e. The molecule has 3 aromatic rings. The van der Waals surface area contributed by atoms with Gasteiger partial charge in [-0.2, -0.15) is 0 Å². The van der Waals surface area contributed by atoms with Gasteiger partial charge < -0.3 is 23.7 Å². The van der Waals surface area contributed by atoms with E-state index >= 15 is 0 Å². The molecular weight excluding hydrogens is 583 g/mol. The maximum absolute atomic E-state index is 13.6. The molecule has 3 aliphatic heterocycles. The highest BCUT2D eigenvalue weighted by Crippen LogP contribution is 2.40. The van der Waals surface area contributed by atoms with Crippen LogP contribution in [0.3, 0.4) is 0 Å². The van der Waals surface area contributed by atoms with Gasteiger partial charge in [-0.1, -0.05) is 6.92 Å². The van der Waals surface area contributed by atoms with Crippen molar-refractivity contribution in [2.75, 3.05) is 46.4 Å². The molecule has 1 aromatic carbocycles. The van der Waals surface area contributed by atoms with E-state index in [1.54, 1.807) is 10.8 Å². The van der Waals surface area contributed by atoms with Crippen LogP contribution >= 0.6 is 22.6 Å². The van der Waals surface area contributed by atoms with Gasteiger partial charge in [0.25, 0.3) is 5.56 Å². The maximum Gasteiger partial charge on any atom is 0.258 e. The first-order valence-electron chi connectivity index (χ1n) is 12.9. The van der Waals surface area contributed by atoms with E-state index in [0.29, 0.717) is 26.4 Å². The average Bonchev–Trinajstić information content (AvgIpc) is 2.93. The number of pyridine rings is 2. The third kappa shape index (κ3) is 4.61. The minimum Gasteiger partial charge on any atom is -0.496 e. The van der Waals surface area contributed by atoms with Crippen LogP contribution in [0.1, 0.15) is 35.7 Å². The van der Waals surface area contributed by atoms with Crippen molar-refractivity contribution < 1.29 is 14.2 Å². The highest BCUT2D eigenvalue weighted by Gasteiger charge is 2.25. The zero-order chi connectivity index (χ0) is 25.5. The lowest BCUT2D eigenvalue weighted by molar-refractivity contribution is 0.146. The van der Waals surface area contributed by atoms with Crippen LogP contribution in [0.5, 0.6) is 11.5 Å². The molecule has 0 radical (unpaired) electrons. The van der Waals surface area contributed by atoms with Gasteiger partial charge in [0.15, 0.2) is 11.5 Å². The van der Waals surface area contributed by atoms with E-state index in [-0.39, 0.29) is 5.56 Å². The van der Waals surface area contributed by atoms with Crippen molar-refractivity contribution in [2.24, 2.45) is 0 Å². The Morgan fingerprint density at radius 1 is 1.05 bits per heavy atom. The third-order valence-electron chi connectivity index (χ3n) is 7.52. The quantitative estimate of drug-likeness (QED) is 0.405. The van der Waals surface area contributed by atoms with Crippen LogP contribution in [0.2, 0.25) is 0 Å². The van der Waals surface area contributed by atoms with Crippen LogP contribution in [0, 0.1) is 3.57 Å². The topological polar surface area (TPSA) is 69.1 Å². The molecule has 1 fully saturated rings. The second-order valence-corrected chi connectivity index (χ2v) is 10.9. The Kier molecular flexibility index (Phi) is 6.85.